The van der Waals surface area contributed by atoms with Gasteiger partial charge in [-0.2, -0.15) is 0 Å². The first kappa shape index (κ1) is 74.5. The van der Waals surface area contributed by atoms with Crippen LogP contribution < -0.4 is 52.0 Å². The summed E-state index contributed by atoms with van der Waals surface area (Å²) in [6, 6.07) is 34.4. The smallest absolute Gasteiger partial charge is 0.326 e. The predicted molar refractivity (Wildman–Crippen MR) is 394 cm³/mol. The lowest BCUT2D eigenvalue weighted by atomic mass is 10.0. The highest BCUT2D eigenvalue weighted by Crippen LogP contribution is 2.31. The van der Waals surface area contributed by atoms with Gasteiger partial charge in [0, 0.05) is 144 Å². The van der Waals surface area contributed by atoms with Crippen molar-refractivity contribution in [1.29, 1.82) is 0 Å². The van der Waals surface area contributed by atoms with Crippen molar-refractivity contribution in [3.8, 4) is 11.5 Å². The number of carbonyl (C=O) groups is 10. The first-order valence-corrected chi connectivity index (χ1v) is 34.7. The Morgan fingerprint density at radius 2 is 0.721 bits per heavy atom. The molecule has 0 saturated heterocycles. The number of carboxylic acid groups (broad SMARTS) is 2. The maximum absolute atomic E-state index is 14.5. The Balaban J connectivity index is 0.741. The molecular weight excluding hydrogens is 1330 g/mol. The van der Waals surface area contributed by atoms with Crippen LogP contribution in [0.15, 0.2) is 158 Å². The van der Waals surface area contributed by atoms with Crippen LogP contribution in [0.1, 0.15) is 109 Å². The van der Waals surface area contributed by atoms with E-state index in [1.54, 1.807) is 12.4 Å². The molecule has 0 spiro atoms. The van der Waals surface area contributed by atoms with Gasteiger partial charge < -0.3 is 82.2 Å². The molecule has 10 rings (SSSR count). The zero-order chi connectivity index (χ0) is 73.8. The minimum absolute atomic E-state index is 0.0170. The molecule has 0 unspecified atom stereocenters. The Morgan fingerprint density at radius 1 is 0.394 bits per heavy atom. The summed E-state index contributed by atoms with van der Waals surface area (Å²) in [6.07, 6.45) is 7.29. The minimum atomic E-state index is -1.20. The van der Waals surface area contributed by atoms with Crippen LogP contribution in [0.2, 0.25) is 0 Å². The molecule has 0 aliphatic heterocycles. The minimum Gasteiger partial charge on any atom is -0.491 e. The van der Waals surface area contributed by atoms with Crippen molar-refractivity contribution < 1.29 is 67.6 Å². The summed E-state index contributed by atoms with van der Waals surface area (Å²) in [5, 5.41) is 45.3. The molecule has 0 aliphatic rings. The van der Waals surface area contributed by atoms with Gasteiger partial charge in [0.05, 0.1) is 24.6 Å². The number of benzene rings is 6. The number of para-hydroxylation sites is 4. The normalized spacial score (nSPS) is 12.5. The molecule has 0 saturated carbocycles. The molecule has 0 bridgehead atoms. The van der Waals surface area contributed by atoms with Crippen LogP contribution in [-0.2, 0) is 64.0 Å². The first-order valence-electron chi connectivity index (χ1n) is 34.7. The van der Waals surface area contributed by atoms with Crippen molar-refractivity contribution in [2.45, 2.75) is 116 Å². The fraction of sp³-hybridized carbons (Fsp3) is 0.308. The summed E-state index contributed by atoms with van der Waals surface area (Å²) in [5.41, 5.74) is 7.32. The number of aromatic nitrogens is 4. The topological polar surface area (TPSA) is 389 Å². The lowest BCUT2D eigenvalue weighted by Gasteiger charge is -2.21. The standard InChI is InChI=1S/C78H86N12O14/c1-45(2)35-65(77(99)100)89-73(95)47-21-23-61(67(39-47)103-33-29-49-41-81-57-17-9-5-13-53(49)57)87-75(97)63(37-51-43-83-59-19-11-7-15-55(51)59)85-71(93)27-25-69(91)79-31-32-80-70(92)26-28-72(94)86-64(38-52-44-84-60-20-12-8-16-56(52)60)76(98)88-62-24-22-48(74(96)90-66(78(101)102)36-46(3)4)40-68(62)104-34-30-50-42-82-58-18-10-6-14-54(50)58/h5-24,39-46,63-66,81-84H,25-38H2,1-4H3,(H,79,91)(H,80,92)(H,85,93)(H,86,94)(H,87,97)(H,88,98)(H,89,95)(H,90,96)(H,99,100)(H,101,102)/t63-,64-,65-,66-/m0/s1. The maximum atomic E-state index is 14.5. The number of aliphatic carboxylic acids is 2. The second-order valence-electron chi connectivity index (χ2n) is 26.4. The number of carboxylic acids is 2. The van der Waals surface area contributed by atoms with Crippen LogP contribution in [0, 0.1) is 11.8 Å². The average Bonchev–Trinajstić information content (AvgIpc) is 1.09. The third-order valence-electron chi connectivity index (χ3n) is 17.7. The van der Waals surface area contributed by atoms with E-state index < -0.39 is 83.4 Å². The van der Waals surface area contributed by atoms with Gasteiger partial charge in [-0.15, -0.1) is 0 Å². The van der Waals surface area contributed by atoms with Gasteiger partial charge in [-0.3, -0.25) is 38.4 Å². The SMILES string of the molecule is CC(C)C[C@H](NC(=O)c1ccc(NC(=O)[C@H](Cc2c[nH]c3ccccc23)NC(=O)CCC(=O)NCCNC(=O)CCC(=O)N[C@@H](Cc2c[nH]c3ccccc23)C(=O)Nc2ccc(C(=O)N[C@@H](CC(C)C)C(=O)O)cc2OCCc2c[nH]c3ccccc23)c(OCCc2c[nH]c3ccccc23)c1)C(=O)O. The predicted octanol–water partition coefficient (Wildman–Crippen LogP) is 9.14. The van der Waals surface area contributed by atoms with Crippen LogP contribution in [0.4, 0.5) is 11.4 Å². The lowest BCUT2D eigenvalue weighted by Crippen LogP contribution is -2.45. The molecule has 104 heavy (non-hydrogen) atoms. The third-order valence-corrected chi connectivity index (χ3v) is 17.7. The van der Waals surface area contributed by atoms with E-state index in [0.717, 1.165) is 54.7 Å². The lowest BCUT2D eigenvalue weighted by molar-refractivity contribution is -0.140. The number of nitrogens with one attached hydrogen (secondary N) is 12. The number of anilines is 2. The van der Waals surface area contributed by atoms with Gasteiger partial charge in [0.15, 0.2) is 0 Å². The van der Waals surface area contributed by atoms with Crippen LogP contribution in [-0.4, -0.2) is 140 Å². The van der Waals surface area contributed by atoms with E-state index in [-0.39, 0.29) is 124 Å². The fourth-order valence-corrected chi connectivity index (χ4v) is 12.3. The summed E-state index contributed by atoms with van der Waals surface area (Å²) < 4.78 is 12.6. The second-order valence-corrected chi connectivity index (χ2v) is 26.4. The molecular formula is C78H86N12O14. The molecule has 4 atom stereocenters. The Morgan fingerprint density at radius 3 is 1.07 bits per heavy atom. The van der Waals surface area contributed by atoms with Crippen molar-refractivity contribution in [3.05, 3.63) is 192 Å². The summed E-state index contributed by atoms with van der Waals surface area (Å²) in [7, 11) is 0. The fourth-order valence-electron chi connectivity index (χ4n) is 12.3. The zero-order valence-corrected chi connectivity index (χ0v) is 58.2. The van der Waals surface area contributed by atoms with E-state index in [0.29, 0.717) is 24.0 Å². The van der Waals surface area contributed by atoms with E-state index in [9.17, 15) is 58.2 Å². The molecule has 6 aromatic carbocycles. The molecule has 26 heteroatoms. The quantitative estimate of drug-likeness (QED) is 0.0161. The molecule has 0 radical (unpaired) electrons. The van der Waals surface area contributed by atoms with Crippen molar-refractivity contribution >= 4 is 114 Å². The third kappa shape index (κ3) is 20.3. The highest BCUT2D eigenvalue weighted by Gasteiger charge is 2.29. The summed E-state index contributed by atoms with van der Waals surface area (Å²) in [6.45, 7) is 7.54. The Hall–Kier alpha value is -12.2. The molecule has 0 fully saturated rings. The maximum Gasteiger partial charge on any atom is 0.326 e. The van der Waals surface area contributed by atoms with Gasteiger partial charge in [-0.05, 0) is 108 Å². The van der Waals surface area contributed by atoms with E-state index >= 15 is 0 Å². The van der Waals surface area contributed by atoms with Crippen molar-refractivity contribution in [2.75, 3.05) is 36.9 Å². The zero-order valence-electron chi connectivity index (χ0n) is 58.2. The number of fused-ring (bicyclic) bond motifs is 4. The van der Waals surface area contributed by atoms with E-state index in [1.165, 1.54) is 36.4 Å². The van der Waals surface area contributed by atoms with E-state index in [4.69, 9.17) is 9.47 Å². The molecule has 4 heterocycles. The van der Waals surface area contributed by atoms with Gasteiger partial charge >= 0.3 is 11.9 Å². The molecule has 542 valence electrons. The number of hydrogen-bond acceptors (Lipinski definition) is 12. The largest absolute Gasteiger partial charge is 0.491 e. The van der Waals surface area contributed by atoms with Gasteiger partial charge in [-0.25, -0.2) is 9.59 Å². The summed E-state index contributed by atoms with van der Waals surface area (Å²) >= 11 is 0. The molecule has 10 aromatic rings. The first-order chi connectivity index (χ1) is 50.1. The number of carbonyl (C=O) groups excluding carboxylic acids is 8. The highest BCUT2D eigenvalue weighted by atomic mass is 16.5. The summed E-state index contributed by atoms with van der Waals surface area (Å²) in [5.74, 6) is -7.13. The number of hydrogen-bond donors (Lipinski definition) is 14. The van der Waals surface area contributed by atoms with Crippen LogP contribution in [0.3, 0.4) is 0 Å². The Kier molecular flexibility index (Phi) is 25.3. The van der Waals surface area contributed by atoms with Gasteiger partial charge in [-0.1, -0.05) is 100 Å². The van der Waals surface area contributed by atoms with E-state index in [1.807, 2.05) is 137 Å². The van der Waals surface area contributed by atoms with Crippen molar-refractivity contribution in [2.24, 2.45) is 11.8 Å². The second kappa shape index (κ2) is 35.4. The number of aromatic amines is 4. The molecule has 0 aliphatic carbocycles. The highest BCUT2D eigenvalue weighted by molar-refractivity contribution is 6.03. The van der Waals surface area contributed by atoms with E-state index in [2.05, 4.69) is 62.5 Å². The van der Waals surface area contributed by atoms with Crippen LogP contribution in [0.25, 0.3) is 43.6 Å². The summed E-state index contributed by atoms with van der Waals surface area (Å²) in [4.78, 5) is 147. The van der Waals surface area contributed by atoms with Crippen LogP contribution >= 0.6 is 0 Å². The molecule has 14 N–H and O–H groups in total. The molecule has 4 aromatic heterocycles. The number of H-pyrrole nitrogens is 4. The molecule has 26 nitrogen and oxygen atoms in total. The number of amides is 8. The van der Waals surface area contributed by atoms with Gasteiger partial charge in [0.2, 0.25) is 35.4 Å². The van der Waals surface area contributed by atoms with Crippen LogP contribution in [0.5, 0.6) is 11.5 Å². The Bertz CT molecular complexity index is 4460. The Labute approximate surface area is 599 Å². The van der Waals surface area contributed by atoms with Gasteiger partial charge in [0.25, 0.3) is 11.8 Å². The number of ether oxygens (including phenoxy) is 2. The number of rotatable bonds is 37. The van der Waals surface area contributed by atoms with Gasteiger partial charge in [0.1, 0.15) is 35.7 Å². The van der Waals surface area contributed by atoms with Crippen molar-refractivity contribution in [3.63, 3.8) is 0 Å². The monoisotopic (exact) mass is 1410 g/mol. The molecule has 8 amide bonds. The van der Waals surface area contributed by atoms with Crippen molar-refractivity contribution in [1.82, 2.24) is 51.8 Å². The average molecular weight is 1420 g/mol.